The standard InChI is InChI=1S/C26H32N2/c1-25-15-6-5-7-18(25)10-11-19-20-12-13-24(26(20,2)16-14-21(19)25)28-17-27-22-8-3-4-9-23(22)28/h3-4,8-10,13,17,19-21H,5-7,11-12,14-16H2,1-2H3/t19?,20?,21?,25-,26?/m0/s1. The van der Waals surface area contributed by atoms with Crippen molar-refractivity contribution < 1.29 is 0 Å². The predicted octanol–water partition coefficient (Wildman–Crippen LogP) is 6.84. The summed E-state index contributed by atoms with van der Waals surface area (Å²) in [7, 11) is 0. The van der Waals surface area contributed by atoms with Crippen molar-refractivity contribution in [3.63, 3.8) is 0 Å². The molecule has 0 aliphatic heterocycles. The molecule has 1 aromatic carbocycles. The molecule has 2 nitrogen and oxygen atoms in total. The topological polar surface area (TPSA) is 17.8 Å². The largest absolute Gasteiger partial charge is 0.302 e. The van der Waals surface area contributed by atoms with Gasteiger partial charge in [-0.05, 0) is 80.2 Å². The van der Waals surface area contributed by atoms with Gasteiger partial charge in [-0.25, -0.2) is 4.98 Å². The summed E-state index contributed by atoms with van der Waals surface area (Å²) in [6.45, 7) is 5.17. The third-order valence-corrected chi connectivity index (χ3v) is 9.27. The van der Waals surface area contributed by atoms with Crippen molar-refractivity contribution in [1.29, 1.82) is 0 Å². The highest BCUT2D eigenvalue weighted by Gasteiger charge is 2.56. The van der Waals surface area contributed by atoms with Crippen LogP contribution in [0.15, 0.2) is 48.3 Å². The van der Waals surface area contributed by atoms with Gasteiger partial charge in [0.1, 0.15) is 6.33 Å². The lowest BCUT2D eigenvalue weighted by Crippen LogP contribution is -2.49. The van der Waals surface area contributed by atoms with E-state index < -0.39 is 0 Å². The Hall–Kier alpha value is -1.83. The molecular formula is C26H32N2. The molecule has 0 radical (unpaired) electrons. The molecule has 2 aromatic rings. The lowest BCUT2D eigenvalue weighted by Gasteiger charge is -2.57. The molecule has 4 aliphatic carbocycles. The molecule has 0 N–H and O–H groups in total. The number of benzene rings is 1. The Balaban J connectivity index is 1.38. The van der Waals surface area contributed by atoms with E-state index in [4.69, 9.17) is 4.98 Å². The van der Waals surface area contributed by atoms with E-state index in [1.165, 1.54) is 62.6 Å². The second kappa shape index (κ2) is 5.84. The summed E-state index contributed by atoms with van der Waals surface area (Å²) < 4.78 is 2.40. The molecular weight excluding hydrogens is 340 g/mol. The maximum Gasteiger partial charge on any atom is 0.100 e. The van der Waals surface area contributed by atoms with Crippen LogP contribution in [-0.4, -0.2) is 9.55 Å². The molecule has 5 atom stereocenters. The normalized spacial score (nSPS) is 39.7. The van der Waals surface area contributed by atoms with E-state index in [-0.39, 0.29) is 0 Å². The molecule has 28 heavy (non-hydrogen) atoms. The molecule has 2 heteroatoms. The minimum atomic E-state index is 0.293. The van der Waals surface area contributed by atoms with Crippen molar-refractivity contribution in [2.75, 3.05) is 0 Å². The molecule has 1 heterocycles. The van der Waals surface area contributed by atoms with Gasteiger partial charge in [0.15, 0.2) is 0 Å². The quantitative estimate of drug-likeness (QED) is 0.501. The zero-order valence-electron chi connectivity index (χ0n) is 17.3. The van der Waals surface area contributed by atoms with Gasteiger partial charge in [0.2, 0.25) is 0 Å². The van der Waals surface area contributed by atoms with Crippen LogP contribution < -0.4 is 0 Å². The van der Waals surface area contributed by atoms with Gasteiger partial charge in [-0.3, -0.25) is 0 Å². The molecule has 1 aromatic heterocycles. The Bertz CT molecular complexity index is 995. The molecule has 0 saturated heterocycles. The molecule has 0 amide bonds. The first-order valence-electron chi connectivity index (χ1n) is 11.4. The van der Waals surface area contributed by atoms with Crippen LogP contribution in [0.5, 0.6) is 0 Å². The number of imidazole rings is 1. The van der Waals surface area contributed by atoms with Crippen LogP contribution in [-0.2, 0) is 0 Å². The van der Waals surface area contributed by atoms with Gasteiger partial charge in [-0.2, -0.15) is 0 Å². The Morgan fingerprint density at radius 1 is 0.964 bits per heavy atom. The molecule has 4 aliphatic rings. The second-order valence-corrected chi connectivity index (χ2v) is 10.4. The zero-order chi connectivity index (χ0) is 18.9. The fourth-order valence-electron chi connectivity index (χ4n) is 7.77. The van der Waals surface area contributed by atoms with E-state index in [1.807, 2.05) is 5.57 Å². The average molecular weight is 373 g/mol. The monoisotopic (exact) mass is 372 g/mol. The number of fused-ring (bicyclic) bond motifs is 6. The van der Waals surface area contributed by atoms with Crippen molar-refractivity contribution in [2.24, 2.45) is 28.6 Å². The first-order chi connectivity index (χ1) is 13.6. The molecule has 0 spiro atoms. The van der Waals surface area contributed by atoms with E-state index in [0.29, 0.717) is 10.8 Å². The lowest BCUT2D eigenvalue weighted by molar-refractivity contribution is -0.0112. The summed E-state index contributed by atoms with van der Waals surface area (Å²) in [5.74, 6) is 2.55. The third kappa shape index (κ3) is 2.12. The summed E-state index contributed by atoms with van der Waals surface area (Å²) in [6.07, 6.45) is 18.2. The summed E-state index contributed by atoms with van der Waals surface area (Å²) in [4.78, 5) is 4.69. The van der Waals surface area contributed by atoms with Gasteiger partial charge in [0, 0.05) is 11.1 Å². The number of nitrogens with zero attached hydrogens (tertiary/aromatic N) is 2. The first-order valence-corrected chi connectivity index (χ1v) is 11.4. The van der Waals surface area contributed by atoms with Crippen LogP contribution in [0.1, 0.15) is 65.2 Å². The highest BCUT2D eigenvalue weighted by atomic mass is 15.1. The molecule has 146 valence electrons. The van der Waals surface area contributed by atoms with Crippen LogP contribution in [0, 0.1) is 28.6 Å². The fraction of sp³-hybridized carbons (Fsp3) is 0.577. The van der Waals surface area contributed by atoms with Gasteiger partial charge >= 0.3 is 0 Å². The second-order valence-electron chi connectivity index (χ2n) is 10.4. The maximum atomic E-state index is 4.69. The number of para-hydroxylation sites is 2. The first kappa shape index (κ1) is 17.1. The molecule has 2 fully saturated rings. The number of rotatable bonds is 1. The summed E-state index contributed by atoms with van der Waals surface area (Å²) in [5.41, 5.74) is 6.50. The van der Waals surface area contributed by atoms with E-state index in [0.717, 1.165) is 23.3 Å². The van der Waals surface area contributed by atoms with E-state index in [9.17, 15) is 0 Å². The number of allylic oxidation sites excluding steroid dienone is 4. The van der Waals surface area contributed by atoms with Crippen LogP contribution in [0.4, 0.5) is 0 Å². The van der Waals surface area contributed by atoms with Gasteiger partial charge < -0.3 is 4.57 Å². The van der Waals surface area contributed by atoms with Crippen molar-refractivity contribution in [3.05, 3.63) is 48.3 Å². The lowest BCUT2D eigenvalue weighted by atomic mass is 9.48. The molecule has 0 bridgehead atoms. The van der Waals surface area contributed by atoms with Crippen molar-refractivity contribution >= 4 is 16.7 Å². The predicted molar refractivity (Wildman–Crippen MR) is 116 cm³/mol. The summed E-state index contributed by atoms with van der Waals surface area (Å²) in [5, 5.41) is 0. The van der Waals surface area contributed by atoms with Crippen LogP contribution in [0.3, 0.4) is 0 Å². The highest BCUT2D eigenvalue weighted by Crippen LogP contribution is 2.65. The zero-order valence-corrected chi connectivity index (χ0v) is 17.3. The van der Waals surface area contributed by atoms with Crippen LogP contribution in [0.2, 0.25) is 0 Å². The van der Waals surface area contributed by atoms with E-state index >= 15 is 0 Å². The highest BCUT2D eigenvalue weighted by molar-refractivity contribution is 5.80. The molecule has 6 rings (SSSR count). The van der Waals surface area contributed by atoms with Crippen molar-refractivity contribution in [3.8, 4) is 0 Å². The number of aromatic nitrogens is 2. The maximum absolute atomic E-state index is 4.69. The Morgan fingerprint density at radius 3 is 2.79 bits per heavy atom. The SMILES string of the molecule is CC12CCC3C(CC=C4CCCC[C@@]43C)C1CC=C2n1cnc2ccccc21. The van der Waals surface area contributed by atoms with Gasteiger partial charge in [-0.15, -0.1) is 0 Å². The summed E-state index contributed by atoms with van der Waals surface area (Å²) >= 11 is 0. The Kier molecular flexibility index (Phi) is 3.56. The van der Waals surface area contributed by atoms with E-state index in [1.54, 1.807) is 0 Å². The van der Waals surface area contributed by atoms with Gasteiger partial charge in [-0.1, -0.05) is 50.1 Å². The minimum Gasteiger partial charge on any atom is -0.302 e. The Morgan fingerprint density at radius 2 is 1.86 bits per heavy atom. The van der Waals surface area contributed by atoms with Gasteiger partial charge in [0.05, 0.1) is 11.0 Å². The van der Waals surface area contributed by atoms with Crippen molar-refractivity contribution in [2.45, 2.75) is 65.2 Å². The smallest absolute Gasteiger partial charge is 0.100 e. The number of hydrogen-bond acceptors (Lipinski definition) is 1. The minimum absolute atomic E-state index is 0.293. The fourth-order valence-corrected chi connectivity index (χ4v) is 7.77. The third-order valence-electron chi connectivity index (χ3n) is 9.27. The average Bonchev–Trinajstić information content (AvgIpc) is 3.28. The number of hydrogen-bond donors (Lipinski definition) is 0. The molecule has 2 saturated carbocycles. The Labute approximate surface area is 168 Å². The van der Waals surface area contributed by atoms with E-state index in [2.05, 4.69) is 61.2 Å². The van der Waals surface area contributed by atoms with Crippen molar-refractivity contribution in [1.82, 2.24) is 9.55 Å². The van der Waals surface area contributed by atoms with Crippen LogP contribution in [0.25, 0.3) is 16.7 Å². The van der Waals surface area contributed by atoms with Gasteiger partial charge in [0.25, 0.3) is 0 Å². The van der Waals surface area contributed by atoms with Crippen LogP contribution >= 0.6 is 0 Å². The molecule has 4 unspecified atom stereocenters. The summed E-state index contributed by atoms with van der Waals surface area (Å²) in [6, 6.07) is 8.60.